The van der Waals surface area contributed by atoms with Gasteiger partial charge in [0.05, 0.1) is 11.7 Å². The minimum absolute atomic E-state index is 0.229. The molecule has 3 rings (SSSR count). The van der Waals surface area contributed by atoms with E-state index in [1.54, 1.807) is 25.4 Å². The molecule has 1 amide bonds. The molecule has 1 unspecified atom stereocenters. The highest BCUT2D eigenvalue weighted by Gasteiger charge is 2.31. The first kappa shape index (κ1) is 13.7. The number of hydrogen-bond donors (Lipinski definition) is 1. The van der Waals surface area contributed by atoms with Crippen molar-refractivity contribution in [2.45, 2.75) is 45.1 Å². The average molecular weight is 286 g/mol. The molecule has 0 saturated heterocycles. The Bertz CT molecular complexity index is 634. The molecule has 6 heteroatoms. The highest BCUT2D eigenvalue weighted by molar-refractivity contribution is 5.92. The lowest BCUT2D eigenvalue weighted by molar-refractivity contribution is 0.0903. The van der Waals surface area contributed by atoms with Crippen LogP contribution in [0, 0.1) is 6.92 Å². The molecule has 1 atom stereocenters. The van der Waals surface area contributed by atoms with E-state index < -0.39 is 0 Å². The minimum atomic E-state index is -0.258. The zero-order chi connectivity index (χ0) is 14.8. The van der Waals surface area contributed by atoms with E-state index in [-0.39, 0.29) is 11.9 Å². The molecule has 1 N–H and O–H groups in total. The third kappa shape index (κ3) is 2.94. The predicted molar refractivity (Wildman–Crippen MR) is 75.7 cm³/mol. The van der Waals surface area contributed by atoms with Crippen LogP contribution in [0.4, 0.5) is 0 Å². The lowest BCUT2D eigenvalue weighted by atomic mass is 10.2. The summed E-state index contributed by atoms with van der Waals surface area (Å²) in [5.41, 5.74) is 0.637. The lowest BCUT2D eigenvalue weighted by Gasteiger charge is -2.14. The molecule has 0 aliphatic heterocycles. The van der Waals surface area contributed by atoms with E-state index in [0.717, 1.165) is 12.8 Å². The zero-order valence-corrected chi connectivity index (χ0v) is 12.2. The number of nitrogens with one attached hydrogen (secondary N) is 1. The second-order valence-corrected chi connectivity index (χ2v) is 5.28. The maximum Gasteiger partial charge on any atom is 0.289 e. The summed E-state index contributed by atoms with van der Waals surface area (Å²) in [6.45, 7) is 3.77. The van der Waals surface area contributed by atoms with Gasteiger partial charge in [0.15, 0.2) is 5.89 Å². The predicted octanol–water partition coefficient (Wildman–Crippen LogP) is 2.53. The fourth-order valence-corrected chi connectivity index (χ4v) is 2.20. The number of carbonyl (C=O) groups is 1. The van der Waals surface area contributed by atoms with Crippen molar-refractivity contribution in [3.8, 4) is 0 Å². The largest absolute Gasteiger partial charge is 0.435 e. The van der Waals surface area contributed by atoms with Gasteiger partial charge in [-0.05, 0) is 32.3 Å². The standard InChI is InChI=1S/C15H18N4O2/c1-3-11(13-16-7-4-8-17-13)19-14(20)12-9(2)18-15(21-12)10-5-6-10/h4,7-8,10-11H,3,5-6H2,1-2H3,(H,19,20). The first-order chi connectivity index (χ1) is 10.2. The number of amides is 1. The molecule has 0 bridgehead atoms. The Balaban J connectivity index is 1.75. The Morgan fingerprint density at radius 2 is 2.14 bits per heavy atom. The van der Waals surface area contributed by atoms with Crippen LogP contribution in [-0.2, 0) is 0 Å². The van der Waals surface area contributed by atoms with E-state index in [2.05, 4.69) is 20.3 Å². The van der Waals surface area contributed by atoms with Gasteiger partial charge in [-0.2, -0.15) is 0 Å². The molecule has 1 aliphatic rings. The Kier molecular flexibility index (Phi) is 3.68. The van der Waals surface area contributed by atoms with Crippen LogP contribution < -0.4 is 5.32 Å². The number of aromatic nitrogens is 3. The molecular weight excluding hydrogens is 268 g/mol. The molecule has 0 aromatic carbocycles. The van der Waals surface area contributed by atoms with Crippen molar-refractivity contribution in [2.24, 2.45) is 0 Å². The van der Waals surface area contributed by atoms with E-state index in [1.165, 1.54) is 0 Å². The molecule has 6 nitrogen and oxygen atoms in total. The van der Waals surface area contributed by atoms with Crippen LogP contribution in [0.15, 0.2) is 22.9 Å². The van der Waals surface area contributed by atoms with Crippen LogP contribution in [0.1, 0.15) is 66.1 Å². The summed E-state index contributed by atoms with van der Waals surface area (Å²) in [5.74, 6) is 1.72. The summed E-state index contributed by atoms with van der Waals surface area (Å²) in [4.78, 5) is 25.1. The Morgan fingerprint density at radius 3 is 2.76 bits per heavy atom. The number of nitrogens with zero attached hydrogens (tertiary/aromatic N) is 3. The Morgan fingerprint density at radius 1 is 1.43 bits per heavy atom. The fraction of sp³-hybridized carbons (Fsp3) is 0.467. The topological polar surface area (TPSA) is 80.9 Å². The molecule has 1 fully saturated rings. The van der Waals surface area contributed by atoms with Crippen molar-refractivity contribution in [3.05, 3.63) is 41.6 Å². The van der Waals surface area contributed by atoms with Gasteiger partial charge in [0, 0.05) is 18.3 Å². The van der Waals surface area contributed by atoms with Gasteiger partial charge in [-0.1, -0.05) is 6.92 Å². The average Bonchev–Trinajstić information content (AvgIpc) is 3.28. The quantitative estimate of drug-likeness (QED) is 0.913. The normalized spacial score (nSPS) is 15.7. The number of oxazole rings is 1. The van der Waals surface area contributed by atoms with Crippen LogP contribution in [0.3, 0.4) is 0 Å². The van der Waals surface area contributed by atoms with E-state index in [0.29, 0.717) is 35.5 Å². The van der Waals surface area contributed by atoms with Crippen LogP contribution in [0.2, 0.25) is 0 Å². The molecule has 1 saturated carbocycles. The maximum absolute atomic E-state index is 12.4. The van der Waals surface area contributed by atoms with Gasteiger partial charge in [-0.25, -0.2) is 15.0 Å². The first-order valence-corrected chi connectivity index (χ1v) is 7.24. The van der Waals surface area contributed by atoms with Gasteiger partial charge in [0.25, 0.3) is 5.91 Å². The molecule has 21 heavy (non-hydrogen) atoms. The summed E-state index contributed by atoms with van der Waals surface area (Å²) < 4.78 is 5.62. The van der Waals surface area contributed by atoms with Gasteiger partial charge in [0.2, 0.25) is 5.76 Å². The minimum Gasteiger partial charge on any atom is -0.435 e. The number of rotatable bonds is 5. The summed E-state index contributed by atoms with van der Waals surface area (Å²) in [5, 5.41) is 2.92. The summed E-state index contributed by atoms with van der Waals surface area (Å²) in [7, 11) is 0. The van der Waals surface area contributed by atoms with E-state index >= 15 is 0 Å². The first-order valence-electron chi connectivity index (χ1n) is 7.24. The van der Waals surface area contributed by atoms with Crippen molar-refractivity contribution in [2.75, 3.05) is 0 Å². The third-order valence-electron chi connectivity index (χ3n) is 3.56. The maximum atomic E-state index is 12.4. The molecule has 110 valence electrons. The highest BCUT2D eigenvalue weighted by atomic mass is 16.4. The van der Waals surface area contributed by atoms with Crippen molar-refractivity contribution >= 4 is 5.91 Å². The summed E-state index contributed by atoms with van der Waals surface area (Å²) >= 11 is 0. The van der Waals surface area contributed by atoms with Gasteiger partial charge in [0.1, 0.15) is 5.82 Å². The second kappa shape index (κ2) is 5.63. The van der Waals surface area contributed by atoms with Crippen LogP contribution >= 0.6 is 0 Å². The van der Waals surface area contributed by atoms with Crippen molar-refractivity contribution in [1.82, 2.24) is 20.3 Å². The summed E-state index contributed by atoms with van der Waals surface area (Å²) in [6, 6.07) is 1.52. The van der Waals surface area contributed by atoms with E-state index in [1.807, 2.05) is 6.92 Å². The molecule has 1 aliphatic carbocycles. The monoisotopic (exact) mass is 286 g/mol. The molecule has 0 spiro atoms. The smallest absolute Gasteiger partial charge is 0.289 e. The zero-order valence-electron chi connectivity index (χ0n) is 12.2. The van der Waals surface area contributed by atoms with Crippen molar-refractivity contribution in [3.63, 3.8) is 0 Å². The highest BCUT2D eigenvalue weighted by Crippen LogP contribution is 2.40. The molecular formula is C15H18N4O2. The van der Waals surface area contributed by atoms with Crippen LogP contribution in [0.25, 0.3) is 0 Å². The SMILES string of the molecule is CCC(NC(=O)c1oc(C2CC2)nc1C)c1ncccn1. The van der Waals surface area contributed by atoms with Gasteiger partial charge < -0.3 is 9.73 Å². The third-order valence-corrected chi connectivity index (χ3v) is 3.56. The Hall–Kier alpha value is -2.24. The fourth-order valence-electron chi connectivity index (χ4n) is 2.20. The van der Waals surface area contributed by atoms with Gasteiger partial charge in [-0.15, -0.1) is 0 Å². The van der Waals surface area contributed by atoms with E-state index in [9.17, 15) is 4.79 Å². The lowest BCUT2D eigenvalue weighted by Crippen LogP contribution is -2.29. The number of hydrogen-bond acceptors (Lipinski definition) is 5. The van der Waals surface area contributed by atoms with Crippen molar-refractivity contribution in [1.29, 1.82) is 0 Å². The molecule has 2 heterocycles. The van der Waals surface area contributed by atoms with Crippen LogP contribution in [0.5, 0.6) is 0 Å². The van der Waals surface area contributed by atoms with Gasteiger partial charge in [-0.3, -0.25) is 4.79 Å². The van der Waals surface area contributed by atoms with Gasteiger partial charge >= 0.3 is 0 Å². The van der Waals surface area contributed by atoms with E-state index in [4.69, 9.17) is 4.42 Å². The molecule has 2 aromatic heterocycles. The number of aryl methyl sites for hydroxylation is 1. The summed E-state index contributed by atoms with van der Waals surface area (Å²) in [6.07, 6.45) is 6.23. The second-order valence-electron chi connectivity index (χ2n) is 5.28. The number of carbonyl (C=O) groups excluding carboxylic acids is 1. The molecule has 2 aromatic rings. The Labute approximate surface area is 123 Å². The van der Waals surface area contributed by atoms with Crippen molar-refractivity contribution < 1.29 is 9.21 Å². The molecule has 0 radical (unpaired) electrons. The van der Waals surface area contributed by atoms with Crippen LogP contribution in [-0.4, -0.2) is 20.9 Å².